The van der Waals surface area contributed by atoms with Gasteiger partial charge in [-0.15, -0.1) is 0 Å². The summed E-state index contributed by atoms with van der Waals surface area (Å²) in [6, 6.07) is 13.5. The van der Waals surface area contributed by atoms with E-state index in [-0.39, 0.29) is 18.3 Å². The summed E-state index contributed by atoms with van der Waals surface area (Å²) in [5, 5.41) is 14.0. The minimum absolute atomic E-state index is 0.288. The Kier molecular flexibility index (Phi) is 7.96. The van der Waals surface area contributed by atoms with Crippen molar-refractivity contribution in [2.75, 3.05) is 6.54 Å². The third kappa shape index (κ3) is 6.94. The highest BCUT2D eigenvalue weighted by molar-refractivity contribution is 5.85. The molecule has 0 fully saturated rings. The van der Waals surface area contributed by atoms with Crippen molar-refractivity contribution in [3.63, 3.8) is 0 Å². The van der Waals surface area contributed by atoms with Crippen molar-refractivity contribution in [1.29, 1.82) is 0 Å². The fourth-order valence-electron chi connectivity index (χ4n) is 2.97. The second-order valence-electron chi connectivity index (χ2n) is 7.87. The molecule has 0 bridgehead atoms. The third-order valence-electron chi connectivity index (χ3n) is 4.30. The van der Waals surface area contributed by atoms with Gasteiger partial charge < -0.3 is 10.1 Å². The zero-order valence-corrected chi connectivity index (χ0v) is 16.8. The van der Waals surface area contributed by atoms with Gasteiger partial charge in [-0.1, -0.05) is 42.8 Å². The Morgan fingerprint density at radius 3 is 2.43 bits per heavy atom. The number of esters is 1. The van der Waals surface area contributed by atoms with Crippen LogP contribution < -0.4 is 10.8 Å². The van der Waals surface area contributed by atoms with Crippen molar-refractivity contribution in [2.45, 2.75) is 58.1 Å². The van der Waals surface area contributed by atoms with E-state index in [4.69, 9.17) is 9.94 Å². The van der Waals surface area contributed by atoms with Crippen molar-refractivity contribution in [1.82, 2.24) is 10.8 Å². The maximum Gasteiger partial charge on any atom is 0.328 e. The zero-order valence-electron chi connectivity index (χ0n) is 16.8. The van der Waals surface area contributed by atoms with Crippen LogP contribution in [0.2, 0.25) is 0 Å². The molecule has 0 radical (unpaired) electrons. The molecule has 2 aromatic carbocycles. The highest BCUT2D eigenvalue weighted by atomic mass is 16.6. The quantitative estimate of drug-likeness (QED) is 0.263. The number of benzene rings is 2. The molecule has 3 N–H and O–H groups in total. The molecule has 28 heavy (non-hydrogen) atoms. The van der Waals surface area contributed by atoms with E-state index in [2.05, 4.69) is 5.32 Å². The van der Waals surface area contributed by atoms with Gasteiger partial charge in [0.25, 0.3) is 0 Å². The van der Waals surface area contributed by atoms with Gasteiger partial charge in [0.15, 0.2) is 0 Å². The van der Waals surface area contributed by atoms with Gasteiger partial charge in [0, 0.05) is 6.42 Å². The van der Waals surface area contributed by atoms with Crippen LogP contribution in [-0.2, 0) is 14.3 Å². The molecule has 0 heterocycles. The summed E-state index contributed by atoms with van der Waals surface area (Å²) in [4.78, 5) is 23.8. The summed E-state index contributed by atoms with van der Waals surface area (Å²) < 4.78 is 5.61. The first-order valence-corrected chi connectivity index (χ1v) is 9.68. The SMILES string of the molecule is CC(C)(C)OC(=O)C(NCCCCCC(=O)NO)c1ccc2ccccc2c1. The molecule has 2 rings (SSSR count). The van der Waals surface area contributed by atoms with E-state index in [1.54, 1.807) is 5.48 Å². The number of unbranched alkanes of at least 4 members (excludes halogenated alkanes) is 2. The maximum absolute atomic E-state index is 12.8. The summed E-state index contributed by atoms with van der Waals surface area (Å²) in [5.74, 6) is -0.682. The van der Waals surface area contributed by atoms with Crippen LogP contribution in [0.1, 0.15) is 58.1 Å². The molecule has 0 saturated heterocycles. The van der Waals surface area contributed by atoms with Crippen LogP contribution in [0.15, 0.2) is 42.5 Å². The molecule has 0 aliphatic heterocycles. The standard InChI is InChI=1S/C22H30N2O4/c1-22(2,3)28-21(26)20(23-14-8-4-5-11-19(25)24-27)18-13-12-16-9-6-7-10-17(16)15-18/h6-7,9-10,12-13,15,20,23,27H,4-5,8,11,14H2,1-3H3,(H,24,25). The van der Waals surface area contributed by atoms with E-state index in [0.29, 0.717) is 13.0 Å². The van der Waals surface area contributed by atoms with Gasteiger partial charge in [-0.3, -0.25) is 10.0 Å². The maximum atomic E-state index is 12.8. The Hall–Kier alpha value is -2.44. The smallest absolute Gasteiger partial charge is 0.328 e. The molecule has 0 aliphatic carbocycles. The lowest BCUT2D eigenvalue weighted by Crippen LogP contribution is -2.35. The van der Waals surface area contributed by atoms with E-state index in [9.17, 15) is 9.59 Å². The molecule has 0 spiro atoms. The lowest BCUT2D eigenvalue weighted by atomic mass is 10.0. The van der Waals surface area contributed by atoms with Crippen LogP contribution in [0.4, 0.5) is 0 Å². The second kappa shape index (κ2) is 10.2. The number of amides is 1. The first kappa shape index (κ1) is 21.9. The molecular formula is C22H30N2O4. The van der Waals surface area contributed by atoms with Crippen LogP contribution in [0.5, 0.6) is 0 Å². The summed E-state index contributed by atoms with van der Waals surface area (Å²) in [6.07, 6.45) is 2.60. The number of ether oxygens (including phenoxy) is 1. The Labute approximate surface area is 166 Å². The molecule has 2 aromatic rings. The summed E-state index contributed by atoms with van der Waals surface area (Å²) in [6.45, 7) is 6.19. The van der Waals surface area contributed by atoms with Gasteiger partial charge in [-0.25, -0.2) is 10.3 Å². The van der Waals surface area contributed by atoms with Crippen LogP contribution in [0.25, 0.3) is 10.8 Å². The van der Waals surface area contributed by atoms with Crippen molar-refractivity contribution in [3.05, 3.63) is 48.0 Å². The number of rotatable bonds is 9. The highest BCUT2D eigenvalue weighted by Crippen LogP contribution is 2.23. The fraction of sp³-hybridized carbons (Fsp3) is 0.455. The topological polar surface area (TPSA) is 87.7 Å². The number of fused-ring (bicyclic) bond motifs is 1. The van der Waals surface area contributed by atoms with Gasteiger partial charge in [0.2, 0.25) is 5.91 Å². The first-order chi connectivity index (χ1) is 13.3. The lowest BCUT2D eigenvalue weighted by Gasteiger charge is -2.25. The number of hydroxylamine groups is 1. The van der Waals surface area contributed by atoms with Crippen molar-refractivity contribution in [3.8, 4) is 0 Å². The molecule has 0 aliphatic rings. The van der Waals surface area contributed by atoms with Crippen LogP contribution in [0.3, 0.4) is 0 Å². The second-order valence-corrected chi connectivity index (χ2v) is 7.87. The molecule has 1 amide bonds. The minimum atomic E-state index is -0.564. The van der Waals surface area contributed by atoms with Crippen LogP contribution in [-0.4, -0.2) is 29.2 Å². The molecule has 0 saturated carbocycles. The molecule has 6 nitrogen and oxygen atoms in total. The van der Waals surface area contributed by atoms with E-state index in [1.165, 1.54) is 0 Å². The van der Waals surface area contributed by atoms with Crippen molar-refractivity contribution >= 4 is 22.6 Å². The summed E-state index contributed by atoms with van der Waals surface area (Å²) in [7, 11) is 0. The highest BCUT2D eigenvalue weighted by Gasteiger charge is 2.26. The average molecular weight is 386 g/mol. The number of carbonyl (C=O) groups is 2. The third-order valence-corrected chi connectivity index (χ3v) is 4.30. The monoisotopic (exact) mass is 386 g/mol. The van der Waals surface area contributed by atoms with Gasteiger partial charge in [-0.05, 0) is 62.6 Å². The predicted molar refractivity (Wildman–Crippen MR) is 109 cm³/mol. The zero-order chi connectivity index (χ0) is 20.6. The molecule has 152 valence electrons. The Bertz CT molecular complexity index is 798. The van der Waals surface area contributed by atoms with Crippen LogP contribution in [0, 0.1) is 0 Å². The number of nitrogens with one attached hydrogen (secondary N) is 2. The normalized spacial score (nSPS) is 12.6. The van der Waals surface area contributed by atoms with Gasteiger partial charge in [0.1, 0.15) is 11.6 Å². The fourth-order valence-corrected chi connectivity index (χ4v) is 2.97. The van der Waals surface area contributed by atoms with E-state index >= 15 is 0 Å². The number of hydrogen-bond acceptors (Lipinski definition) is 5. The predicted octanol–water partition coefficient (Wildman–Crippen LogP) is 3.88. The summed E-state index contributed by atoms with van der Waals surface area (Å²) >= 11 is 0. The lowest BCUT2D eigenvalue weighted by molar-refractivity contribution is -0.157. The Morgan fingerprint density at radius 1 is 1.04 bits per heavy atom. The summed E-state index contributed by atoms with van der Waals surface area (Å²) in [5.41, 5.74) is 1.94. The van der Waals surface area contributed by atoms with Crippen LogP contribution >= 0.6 is 0 Å². The Morgan fingerprint density at radius 2 is 1.75 bits per heavy atom. The van der Waals surface area contributed by atoms with Gasteiger partial charge >= 0.3 is 5.97 Å². The first-order valence-electron chi connectivity index (χ1n) is 9.68. The van der Waals surface area contributed by atoms with E-state index in [1.807, 2.05) is 63.2 Å². The van der Waals surface area contributed by atoms with Crippen molar-refractivity contribution < 1.29 is 19.5 Å². The van der Waals surface area contributed by atoms with Crippen molar-refractivity contribution in [2.24, 2.45) is 0 Å². The van der Waals surface area contributed by atoms with E-state index in [0.717, 1.165) is 29.2 Å². The largest absolute Gasteiger partial charge is 0.459 e. The molecular weight excluding hydrogens is 356 g/mol. The minimum Gasteiger partial charge on any atom is -0.459 e. The average Bonchev–Trinajstić information content (AvgIpc) is 2.65. The van der Waals surface area contributed by atoms with Gasteiger partial charge in [0.05, 0.1) is 0 Å². The van der Waals surface area contributed by atoms with E-state index < -0.39 is 11.6 Å². The number of hydrogen-bond donors (Lipinski definition) is 3. The molecule has 0 aromatic heterocycles. The molecule has 1 atom stereocenters. The van der Waals surface area contributed by atoms with Gasteiger partial charge in [-0.2, -0.15) is 0 Å². The molecule has 6 heteroatoms. The Balaban J connectivity index is 2.04. The molecule has 1 unspecified atom stereocenters. The number of carbonyl (C=O) groups excluding carboxylic acids is 2.